The number of unbranched alkanes of at least 4 members (excludes halogenated alkanes) is 1. The highest BCUT2D eigenvalue weighted by Gasteiger charge is 2.28. The fourth-order valence-corrected chi connectivity index (χ4v) is 5.13. The standard InChI is InChI=1S/C32H47N9O4/c1-20-17-23(42)18-21(2)24(20)13-14-26(38-29(43)25(34)11-8-16-37-32(35)36)30(44)39-27(12-6-7-15-33)31-40-28(41-45-31)19-22-9-4-3-5-10-22/h3-5,9-10,17-18,25-27,42H,6-8,11-16,19,33-34H2,1-2H3,(H,38,43)(H,39,44)(H4,35,36,37)/t25-,26-,27-/m0/s1. The number of carbonyl (C=O) groups is 2. The zero-order chi connectivity index (χ0) is 32.8. The number of hydrogen-bond donors (Lipinski definition) is 7. The van der Waals surface area contributed by atoms with Gasteiger partial charge in [-0.15, -0.1) is 0 Å². The molecule has 1 heterocycles. The number of aromatic hydroxyl groups is 1. The van der Waals surface area contributed by atoms with E-state index in [2.05, 4.69) is 25.8 Å². The second-order valence-electron chi connectivity index (χ2n) is 11.3. The number of carbonyl (C=O) groups excluding carboxylic acids is 2. The molecule has 0 bridgehead atoms. The monoisotopic (exact) mass is 621 g/mol. The molecule has 45 heavy (non-hydrogen) atoms. The van der Waals surface area contributed by atoms with Crippen molar-refractivity contribution >= 4 is 17.8 Å². The predicted octanol–water partition coefficient (Wildman–Crippen LogP) is 1.77. The van der Waals surface area contributed by atoms with E-state index in [0.29, 0.717) is 57.4 Å². The molecule has 0 unspecified atom stereocenters. The predicted molar refractivity (Wildman–Crippen MR) is 173 cm³/mol. The van der Waals surface area contributed by atoms with Crippen molar-refractivity contribution in [1.82, 2.24) is 20.8 Å². The van der Waals surface area contributed by atoms with E-state index >= 15 is 0 Å². The average Bonchev–Trinajstić information content (AvgIpc) is 3.46. The van der Waals surface area contributed by atoms with Crippen molar-refractivity contribution in [2.75, 3.05) is 13.1 Å². The van der Waals surface area contributed by atoms with Gasteiger partial charge in [-0.3, -0.25) is 14.6 Å². The van der Waals surface area contributed by atoms with Gasteiger partial charge in [0.25, 0.3) is 0 Å². The molecular weight excluding hydrogens is 574 g/mol. The number of aryl methyl sites for hydroxylation is 2. The maximum atomic E-state index is 13.8. The molecule has 0 aliphatic heterocycles. The van der Waals surface area contributed by atoms with Crippen LogP contribution in [-0.2, 0) is 22.4 Å². The van der Waals surface area contributed by atoms with Crippen LogP contribution in [-0.4, -0.2) is 58.2 Å². The summed E-state index contributed by atoms with van der Waals surface area (Å²) in [7, 11) is 0. The molecule has 11 N–H and O–H groups in total. The number of phenolic OH excluding ortho intramolecular Hbond substituents is 1. The fraction of sp³-hybridized carbons (Fsp3) is 0.469. The number of hydrogen-bond acceptors (Lipinski definition) is 9. The quantitative estimate of drug-likeness (QED) is 0.0617. The molecule has 0 aliphatic rings. The van der Waals surface area contributed by atoms with Crippen LogP contribution in [0.2, 0.25) is 0 Å². The van der Waals surface area contributed by atoms with Crippen molar-refractivity contribution in [3.05, 3.63) is 76.4 Å². The average molecular weight is 622 g/mol. The van der Waals surface area contributed by atoms with E-state index in [1.54, 1.807) is 12.1 Å². The summed E-state index contributed by atoms with van der Waals surface area (Å²) in [6.45, 7) is 4.65. The Morgan fingerprint density at radius 3 is 2.36 bits per heavy atom. The van der Waals surface area contributed by atoms with Gasteiger partial charge in [0.15, 0.2) is 11.8 Å². The van der Waals surface area contributed by atoms with E-state index in [0.717, 1.165) is 35.1 Å². The number of nitrogens with zero attached hydrogens (tertiary/aromatic N) is 3. The van der Waals surface area contributed by atoms with Crippen molar-refractivity contribution in [3.8, 4) is 5.75 Å². The van der Waals surface area contributed by atoms with Crippen LogP contribution in [0.25, 0.3) is 0 Å². The Bertz CT molecular complexity index is 1380. The first-order valence-corrected chi connectivity index (χ1v) is 15.3. The van der Waals surface area contributed by atoms with E-state index in [9.17, 15) is 14.7 Å². The first kappa shape index (κ1) is 35.0. The van der Waals surface area contributed by atoms with Crippen molar-refractivity contribution in [2.24, 2.45) is 27.9 Å². The maximum absolute atomic E-state index is 13.8. The highest BCUT2D eigenvalue weighted by atomic mass is 16.5. The minimum atomic E-state index is -0.905. The maximum Gasteiger partial charge on any atom is 0.249 e. The van der Waals surface area contributed by atoms with Gasteiger partial charge in [-0.1, -0.05) is 35.5 Å². The van der Waals surface area contributed by atoms with Gasteiger partial charge in [0, 0.05) is 13.0 Å². The minimum Gasteiger partial charge on any atom is -0.508 e. The molecule has 244 valence electrons. The van der Waals surface area contributed by atoms with Gasteiger partial charge in [-0.25, -0.2) is 0 Å². The Labute approximate surface area is 264 Å². The van der Waals surface area contributed by atoms with Crippen LogP contribution in [0.4, 0.5) is 0 Å². The number of benzene rings is 2. The summed E-state index contributed by atoms with van der Waals surface area (Å²) in [5, 5.41) is 20.0. The van der Waals surface area contributed by atoms with Gasteiger partial charge in [0.1, 0.15) is 17.8 Å². The summed E-state index contributed by atoms with van der Waals surface area (Å²) >= 11 is 0. The van der Waals surface area contributed by atoms with E-state index < -0.39 is 29.9 Å². The molecule has 13 heteroatoms. The van der Waals surface area contributed by atoms with Gasteiger partial charge in [0.2, 0.25) is 17.7 Å². The molecule has 2 aromatic carbocycles. The summed E-state index contributed by atoms with van der Waals surface area (Å²) in [4.78, 5) is 35.5. The molecule has 3 aromatic rings. The van der Waals surface area contributed by atoms with Crippen molar-refractivity contribution in [3.63, 3.8) is 0 Å². The number of nitrogens with two attached hydrogens (primary N) is 4. The Kier molecular flexibility index (Phi) is 13.8. The van der Waals surface area contributed by atoms with Crippen LogP contribution >= 0.6 is 0 Å². The van der Waals surface area contributed by atoms with Gasteiger partial charge in [-0.05, 0) is 99.7 Å². The molecular formula is C32H47N9O4. The normalized spacial score (nSPS) is 13.1. The summed E-state index contributed by atoms with van der Waals surface area (Å²) in [6, 6.07) is 10.8. The summed E-state index contributed by atoms with van der Waals surface area (Å²) in [6.07, 6.45) is 4.10. The van der Waals surface area contributed by atoms with Crippen LogP contribution in [0.3, 0.4) is 0 Å². The SMILES string of the molecule is Cc1cc(O)cc(C)c1CC[C@H](NC(=O)[C@@H](N)CCCN=C(N)N)C(=O)N[C@@H](CCCCN)c1nc(Cc2ccccc2)no1. The van der Waals surface area contributed by atoms with Crippen LogP contribution in [0, 0.1) is 13.8 Å². The number of guanidine groups is 1. The molecule has 0 spiro atoms. The van der Waals surface area contributed by atoms with Gasteiger partial charge >= 0.3 is 0 Å². The first-order valence-electron chi connectivity index (χ1n) is 15.3. The molecule has 0 radical (unpaired) electrons. The lowest BCUT2D eigenvalue weighted by Gasteiger charge is -2.24. The molecule has 1 aromatic heterocycles. The zero-order valence-corrected chi connectivity index (χ0v) is 26.2. The lowest BCUT2D eigenvalue weighted by molar-refractivity contribution is -0.130. The lowest BCUT2D eigenvalue weighted by Crippen LogP contribution is -2.52. The highest BCUT2D eigenvalue weighted by molar-refractivity contribution is 5.89. The highest BCUT2D eigenvalue weighted by Crippen LogP contribution is 2.23. The molecule has 3 rings (SSSR count). The van der Waals surface area contributed by atoms with Crippen molar-refractivity contribution in [2.45, 2.75) is 83.3 Å². The van der Waals surface area contributed by atoms with E-state index in [1.807, 2.05) is 44.2 Å². The third kappa shape index (κ3) is 11.5. The molecule has 0 saturated carbocycles. The lowest BCUT2D eigenvalue weighted by atomic mass is 9.95. The summed E-state index contributed by atoms with van der Waals surface area (Å²) in [5.41, 5.74) is 26.5. The van der Waals surface area contributed by atoms with Gasteiger partial charge in [0.05, 0.1) is 6.04 Å². The second kappa shape index (κ2) is 17.7. The Morgan fingerprint density at radius 2 is 1.69 bits per heavy atom. The Balaban J connectivity index is 1.78. The number of aromatic nitrogens is 2. The first-order chi connectivity index (χ1) is 21.6. The molecule has 0 saturated heterocycles. The summed E-state index contributed by atoms with van der Waals surface area (Å²) < 4.78 is 5.61. The smallest absolute Gasteiger partial charge is 0.249 e. The van der Waals surface area contributed by atoms with E-state index in [4.69, 9.17) is 27.5 Å². The third-order valence-electron chi connectivity index (χ3n) is 7.55. The van der Waals surface area contributed by atoms with Crippen LogP contribution in [0.5, 0.6) is 5.75 Å². The van der Waals surface area contributed by atoms with Crippen molar-refractivity contribution < 1.29 is 19.2 Å². The van der Waals surface area contributed by atoms with Crippen LogP contribution in [0.15, 0.2) is 52.0 Å². The van der Waals surface area contributed by atoms with E-state index in [-0.39, 0.29) is 17.6 Å². The molecule has 0 fully saturated rings. The number of aliphatic imine (C=N–C) groups is 1. The molecule has 2 amide bonds. The summed E-state index contributed by atoms with van der Waals surface area (Å²) in [5.74, 6) is 0.0862. The molecule has 3 atom stereocenters. The second-order valence-corrected chi connectivity index (χ2v) is 11.3. The Hall–Kier alpha value is -4.49. The fourth-order valence-electron chi connectivity index (χ4n) is 5.13. The number of phenols is 1. The topological polar surface area (TPSA) is 234 Å². The third-order valence-corrected chi connectivity index (χ3v) is 7.55. The molecule has 13 nitrogen and oxygen atoms in total. The zero-order valence-electron chi connectivity index (χ0n) is 26.2. The molecule has 0 aliphatic carbocycles. The largest absolute Gasteiger partial charge is 0.508 e. The van der Waals surface area contributed by atoms with E-state index in [1.165, 1.54) is 0 Å². The number of nitrogens with one attached hydrogen (secondary N) is 2. The minimum absolute atomic E-state index is 0.0287. The van der Waals surface area contributed by atoms with Crippen molar-refractivity contribution in [1.29, 1.82) is 0 Å². The van der Waals surface area contributed by atoms with Gasteiger partial charge in [-0.2, -0.15) is 4.98 Å². The van der Waals surface area contributed by atoms with Crippen LogP contribution < -0.4 is 33.6 Å². The Morgan fingerprint density at radius 1 is 0.978 bits per heavy atom. The van der Waals surface area contributed by atoms with Crippen LogP contribution in [0.1, 0.15) is 78.5 Å². The number of rotatable bonds is 18. The number of amides is 2. The van der Waals surface area contributed by atoms with Gasteiger partial charge < -0.3 is 43.2 Å².